The number of alkyl halides is 3. The molecule has 1 amide bonds. The number of halogens is 3. The van der Waals surface area contributed by atoms with Crippen molar-refractivity contribution in [3.8, 4) is 0 Å². The predicted molar refractivity (Wildman–Crippen MR) is 118 cm³/mol. The molecule has 4 heterocycles. The van der Waals surface area contributed by atoms with Crippen LogP contribution in [0.2, 0.25) is 0 Å². The van der Waals surface area contributed by atoms with E-state index in [0.717, 1.165) is 25.5 Å². The fraction of sp³-hybridized carbons (Fsp3) is 0.545. The molecule has 14 heteroatoms. The molecule has 1 saturated heterocycles. The van der Waals surface area contributed by atoms with Crippen molar-refractivity contribution < 1.29 is 32.2 Å². The number of nitrogens with one attached hydrogen (secondary N) is 3. The highest BCUT2D eigenvalue weighted by atomic mass is 19.3. The van der Waals surface area contributed by atoms with Crippen LogP contribution in [0.5, 0.6) is 0 Å². The summed E-state index contributed by atoms with van der Waals surface area (Å²) in [6.45, 7) is 0.0880. The molecule has 0 aromatic carbocycles. The monoisotopic (exact) mass is 507 g/mol. The van der Waals surface area contributed by atoms with E-state index in [4.69, 9.17) is 14.2 Å². The van der Waals surface area contributed by atoms with Crippen molar-refractivity contribution >= 4 is 23.2 Å². The van der Waals surface area contributed by atoms with Crippen LogP contribution in [0.3, 0.4) is 0 Å². The Hall–Kier alpha value is -3.39. The van der Waals surface area contributed by atoms with Crippen molar-refractivity contribution in [2.45, 2.75) is 56.2 Å². The van der Waals surface area contributed by atoms with Gasteiger partial charge < -0.3 is 24.8 Å². The normalized spacial score (nSPS) is 28.7. The number of nitrogens with zero attached hydrogens (tertiary/aromatic N) is 4. The maximum absolute atomic E-state index is 15.1. The van der Waals surface area contributed by atoms with Crippen molar-refractivity contribution in [3.05, 3.63) is 35.4 Å². The number of hydrogen-bond donors (Lipinski definition) is 3. The molecule has 4 fully saturated rings. The van der Waals surface area contributed by atoms with E-state index >= 15 is 4.39 Å². The number of hydrogen-bond acceptors (Lipinski definition) is 8. The van der Waals surface area contributed by atoms with E-state index in [9.17, 15) is 13.6 Å². The Kier molecular flexibility index (Phi) is 5.52. The summed E-state index contributed by atoms with van der Waals surface area (Å²) in [5.41, 5.74) is 0.607. The maximum atomic E-state index is 15.1. The Morgan fingerprint density at radius 2 is 2.17 bits per heavy atom. The fourth-order valence-corrected chi connectivity index (χ4v) is 5.10. The third kappa shape index (κ3) is 4.03. The van der Waals surface area contributed by atoms with Gasteiger partial charge in [-0.1, -0.05) is 0 Å². The lowest BCUT2D eigenvalue weighted by Gasteiger charge is -2.61. The standard InChI is InChI=1S/C22H24F3N7O4/c1-34-8-11-2-14-20(26-13(19(24)25)7-32(14)31-11)27-16-3-12(29-30-16)18-17(23)15(9-35-18)36-21(33)28-22-4-10(5-22)6-22/h2-3,7,10,15,17-19H,4-6,8-9H2,1H3,(H,28,33)(H2,26,27,29,30)/t10?,15-,17+,18-,22?/m1/s1. The number of carbonyl (C=O) groups excluding carboxylic acids is 1. The minimum absolute atomic E-state index is 0.0938. The smallest absolute Gasteiger partial charge is 0.408 e. The first kappa shape index (κ1) is 23.0. The summed E-state index contributed by atoms with van der Waals surface area (Å²) in [6.07, 6.45) is -3.18. The summed E-state index contributed by atoms with van der Waals surface area (Å²) in [7, 11) is 1.50. The number of amides is 1. The number of alkyl carbamates (subject to hydrolysis) is 1. The van der Waals surface area contributed by atoms with E-state index < -0.39 is 36.6 Å². The van der Waals surface area contributed by atoms with Gasteiger partial charge >= 0.3 is 6.09 Å². The summed E-state index contributed by atoms with van der Waals surface area (Å²) in [4.78, 5) is 16.2. The van der Waals surface area contributed by atoms with Gasteiger partial charge in [0.25, 0.3) is 6.43 Å². The Labute approximate surface area is 202 Å². The lowest BCUT2D eigenvalue weighted by molar-refractivity contribution is -0.0528. The van der Waals surface area contributed by atoms with Crippen LogP contribution in [-0.2, 0) is 20.8 Å². The summed E-state index contributed by atoms with van der Waals surface area (Å²) in [6, 6.07) is 3.14. The first-order valence-corrected chi connectivity index (χ1v) is 11.6. The number of ether oxygens (including phenoxy) is 3. The zero-order valence-corrected chi connectivity index (χ0v) is 19.2. The molecule has 0 spiro atoms. The SMILES string of the molecule is COCc1cc2c(Nc3cc([C@H]4OC[C@@H](OC(=O)NC56CC(C5)C6)[C@@H]4F)[nH]n3)nc(C(F)F)cn2n1. The van der Waals surface area contributed by atoms with Crippen LogP contribution in [0.25, 0.3) is 5.52 Å². The minimum Gasteiger partial charge on any atom is -0.441 e. The van der Waals surface area contributed by atoms with Gasteiger partial charge in [-0.05, 0) is 31.2 Å². The molecule has 3 aromatic rings. The second-order valence-corrected chi connectivity index (χ2v) is 9.57. The second-order valence-electron chi connectivity index (χ2n) is 9.57. The molecular weight excluding hydrogens is 483 g/mol. The Bertz CT molecular complexity index is 1280. The van der Waals surface area contributed by atoms with Crippen LogP contribution < -0.4 is 10.6 Å². The number of fused-ring (bicyclic) bond motifs is 1. The van der Waals surface area contributed by atoms with Crippen LogP contribution >= 0.6 is 0 Å². The number of aromatic nitrogens is 5. The van der Waals surface area contributed by atoms with Gasteiger partial charge in [0.2, 0.25) is 0 Å². The van der Waals surface area contributed by atoms with Crippen molar-refractivity contribution in [2.75, 3.05) is 19.0 Å². The average molecular weight is 507 g/mol. The molecule has 36 heavy (non-hydrogen) atoms. The molecule has 3 N–H and O–H groups in total. The zero-order valence-electron chi connectivity index (χ0n) is 19.2. The molecule has 3 aliphatic carbocycles. The molecule has 0 radical (unpaired) electrons. The van der Waals surface area contributed by atoms with Gasteiger partial charge in [-0.3, -0.25) is 5.10 Å². The number of methoxy groups -OCH3 is 1. The molecule has 4 aliphatic rings. The Morgan fingerprint density at radius 3 is 2.86 bits per heavy atom. The number of rotatable bonds is 8. The van der Waals surface area contributed by atoms with E-state index in [2.05, 4.69) is 30.9 Å². The van der Waals surface area contributed by atoms with Gasteiger partial charge in [0.05, 0.1) is 30.8 Å². The molecule has 3 saturated carbocycles. The van der Waals surface area contributed by atoms with Crippen LogP contribution in [-0.4, -0.2) is 62.4 Å². The second kappa shape index (κ2) is 8.62. The van der Waals surface area contributed by atoms with Crippen LogP contribution in [0, 0.1) is 5.92 Å². The van der Waals surface area contributed by atoms with Gasteiger partial charge in [-0.2, -0.15) is 10.2 Å². The first-order valence-electron chi connectivity index (χ1n) is 11.6. The van der Waals surface area contributed by atoms with Gasteiger partial charge in [0, 0.05) is 18.7 Å². The molecule has 0 unspecified atom stereocenters. The highest BCUT2D eigenvalue weighted by Gasteiger charge is 2.58. The highest BCUT2D eigenvalue weighted by molar-refractivity contribution is 5.72. The van der Waals surface area contributed by atoms with Gasteiger partial charge in [0.1, 0.15) is 17.3 Å². The molecule has 11 nitrogen and oxygen atoms in total. The van der Waals surface area contributed by atoms with Gasteiger partial charge in [-0.15, -0.1) is 0 Å². The zero-order chi connectivity index (χ0) is 25.0. The third-order valence-corrected chi connectivity index (χ3v) is 6.94. The van der Waals surface area contributed by atoms with Crippen LogP contribution in [0.4, 0.5) is 29.6 Å². The van der Waals surface area contributed by atoms with E-state index in [1.165, 1.54) is 17.7 Å². The molecular formula is C22H24F3N7O4. The van der Waals surface area contributed by atoms with Gasteiger partial charge in [0.15, 0.2) is 23.9 Å². The van der Waals surface area contributed by atoms with E-state index in [1.54, 1.807) is 6.07 Å². The average Bonchev–Trinajstić information content (AvgIpc) is 3.49. The maximum Gasteiger partial charge on any atom is 0.408 e. The fourth-order valence-electron chi connectivity index (χ4n) is 5.10. The van der Waals surface area contributed by atoms with Crippen molar-refractivity contribution in [3.63, 3.8) is 0 Å². The summed E-state index contributed by atoms with van der Waals surface area (Å²) in [5.74, 6) is 0.991. The first-order chi connectivity index (χ1) is 17.3. The number of aromatic amines is 1. The minimum atomic E-state index is -2.82. The molecule has 1 aliphatic heterocycles. The van der Waals surface area contributed by atoms with E-state index in [0.29, 0.717) is 22.8 Å². The Morgan fingerprint density at radius 1 is 1.36 bits per heavy atom. The lowest BCUT2D eigenvalue weighted by atomic mass is 9.50. The van der Waals surface area contributed by atoms with E-state index in [-0.39, 0.29) is 30.4 Å². The van der Waals surface area contributed by atoms with Crippen molar-refractivity contribution in [1.82, 2.24) is 30.1 Å². The van der Waals surface area contributed by atoms with Crippen LogP contribution in [0.15, 0.2) is 18.3 Å². The molecule has 192 valence electrons. The predicted octanol–water partition coefficient (Wildman–Crippen LogP) is 3.34. The topological polar surface area (TPSA) is 128 Å². The van der Waals surface area contributed by atoms with Crippen molar-refractivity contribution in [1.29, 1.82) is 0 Å². The van der Waals surface area contributed by atoms with Gasteiger partial charge in [-0.25, -0.2) is 27.5 Å². The number of H-pyrrole nitrogens is 1. The summed E-state index contributed by atoms with van der Waals surface area (Å²) < 4.78 is 59.0. The van der Waals surface area contributed by atoms with Crippen LogP contribution in [0.1, 0.15) is 48.9 Å². The third-order valence-electron chi connectivity index (χ3n) is 6.94. The Balaban J connectivity index is 1.15. The molecule has 3 aromatic heterocycles. The quantitative estimate of drug-likeness (QED) is 0.424. The number of carbonyl (C=O) groups is 1. The summed E-state index contributed by atoms with van der Waals surface area (Å²) in [5, 5.41) is 16.7. The van der Waals surface area contributed by atoms with E-state index in [1.807, 2.05) is 0 Å². The molecule has 7 rings (SSSR count). The molecule has 3 atom stereocenters. The largest absolute Gasteiger partial charge is 0.441 e. The highest BCUT2D eigenvalue weighted by Crippen LogP contribution is 2.57. The molecule has 2 bridgehead atoms. The van der Waals surface area contributed by atoms with Crippen molar-refractivity contribution in [2.24, 2.45) is 5.92 Å². The summed E-state index contributed by atoms with van der Waals surface area (Å²) >= 11 is 0. The lowest BCUT2D eigenvalue weighted by Crippen LogP contribution is -2.68. The number of anilines is 2.